The van der Waals surface area contributed by atoms with Gasteiger partial charge in [0.25, 0.3) is 0 Å². The second kappa shape index (κ2) is 10.7. The zero-order chi connectivity index (χ0) is 19.6. The third-order valence-corrected chi connectivity index (χ3v) is 4.80. The Bertz CT molecular complexity index is 711. The normalized spacial score (nSPS) is 10.8. The largest absolute Gasteiger partial charge is 0.497 e. The van der Waals surface area contributed by atoms with Crippen molar-refractivity contribution < 1.29 is 14.3 Å². The molecule has 0 bridgehead atoms. The van der Waals surface area contributed by atoms with Crippen LogP contribution >= 0.6 is 0 Å². The van der Waals surface area contributed by atoms with Gasteiger partial charge >= 0.3 is 0 Å². The van der Waals surface area contributed by atoms with Crippen molar-refractivity contribution in [2.75, 3.05) is 7.11 Å². The fraction of sp³-hybridized carbons (Fsp3) is 0.417. The van der Waals surface area contributed by atoms with Crippen LogP contribution in [0.3, 0.4) is 0 Å². The smallest absolute Gasteiger partial charge is 0.143 e. The number of rotatable bonds is 11. The van der Waals surface area contributed by atoms with E-state index in [1.54, 1.807) is 7.11 Å². The minimum atomic E-state index is -0.489. The van der Waals surface area contributed by atoms with Crippen molar-refractivity contribution >= 4 is 11.6 Å². The van der Waals surface area contributed by atoms with Crippen molar-refractivity contribution in [3.8, 4) is 5.75 Å². The Hall–Kier alpha value is -2.42. The minimum Gasteiger partial charge on any atom is -0.497 e. The lowest BCUT2D eigenvalue weighted by Gasteiger charge is -2.15. The monoisotopic (exact) mass is 366 g/mol. The lowest BCUT2D eigenvalue weighted by Crippen LogP contribution is -2.26. The Morgan fingerprint density at radius 3 is 1.67 bits per heavy atom. The van der Waals surface area contributed by atoms with Gasteiger partial charge in [-0.3, -0.25) is 9.59 Å². The molecule has 0 saturated carbocycles. The highest BCUT2D eigenvalue weighted by Gasteiger charge is 2.25. The number of hydrogen-bond acceptors (Lipinski definition) is 3. The SMILES string of the molecule is CCCC(=O)C(Cc1ccc(Cc2ccc(OC)cc2)cc1)C(=O)CCC. The summed E-state index contributed by atoms with van der Waals surface area (Å²) in [5, 5.41) is 0. The average molecular weight is 367 g/mol. The second-order valence-corrected chi connectivity index (χ2v) is 7.03. The molecule has 0 fully saturated rings. The first-order valence-electron chi connectivity index (χ1n) is 9.83. The standard InChI is InChI=1S/C24H30O3/c1-4-6-23(25)22(24(26)7-5-2)17-20-10-8-18(9-11-20)16-19-12-14-21(27-3)15-13-19/h8-15,22H,4-7,16-17H2,1-3H3. The maximum Gasteiger partial charge on any atom is 0.143 e. The number of methoxy groups -OCH3 is 1. The second-order valence-electron chi connectivity index (χ2n) is 7.03. The van der Waals surface area contributed by atoms with Crippen LogP contribution in [-0.2, 0) is 22.4 Å². The molecule has 0 unspecified atom stereocenters. The molecule has 27 heavy (non-hydrogen) atoms. The molecule has 0 radical (unpaired) electrons. The third-order valence-electron chi connectivity index (χ3n) is 4.80. The van der Waals surface area contributed by atoms with E-state index in [2.05, 4.69) is 24.3 Å². The fourth-order valence-corrected chi connectivity index (χ4v) is 3.26. The molecule has 2 rings (SSSR count). The predicted octanol–water partition coefficient (Wildman–Crippen LogP) is 5.18. The first-order valence-corrected chi connectivity index (χ1v) is 9.83. The van der Waals surface area contributed by atoms with E-state index in [1.807, 2.05) is 38.1 Å². The quantitative estimate of drug-likeness (QED) is 0.515. The van der Waals surface area contributed by atoms with Crippen LogP contribution in [0.5, 0.6) is 5.75 Å². The van der Waals surface area contributed by atoms with Gasteiger partial charge in [-0.2, -0.15) is 0 Å². The van der Waals surface area contributed by atoms with Crippen LogP contribution in [0.1, 0.15) is 56.2 Å². The molecular weight excluding hydrogens is 336 g/mol. The van der Waals surface area contributed by atoms with Crippen molar-refractivity contribution in [2.45, 2.75) is 52.4 Å². The fourth-order valence-electron chi connectivity index (χ4n) is 3.26. The number of Topliss-reactive ketones (excluding diaryl/α,β-unsaturated/α-hetero) is 2. The Morgan fingerprint density at radius 2 is 1.22 bits per heavy atom. The molecular formula is C24H30O3. The number of ether oxygens (including phenoxy) is 1. The molecule has 144 valence electrons. The highest BCUT2D eigenvalue weighted by Crippen LogP contribution is 2.19. The highest BCUT2D eigenvalue weighted by molar-refractivity contribution is 6.02. The van der Waals surface area contributed by atoms with Crippen LogP contribution in [0.15, 0.2) is 48.5 Å². The zero-order valence-electron chi connectivity index (χ0n) is 16.7. The summed E-state index contributed by atoms with van der Waals surface area (Å²) in [4.78, 5) is 24.8. The molecule has 3 heteroatoms. The number of carbonyl (C=O) groups excluding carboxylic acids is 2. The van der Waals surface area contributed by atoms with Crippen LogP contribution in [0.25, 0.3) is 0 Å². The van der Waals surface area contributed by atoms with Crippen LogP contribution in [0.2, 0.25) is 0 Å². The van der Waals surface area contributed by atoms with Crippen LogP contribution in [-0.4, -0.2) is 18.7 Å². The van der Waals surface area contributed by atoms with Crippen molar-refractivity contribution in [3.05, 3.63) is 65.2 Å². The van der Waals surface area contributed by atoms with E-state index < -0.39 is 5.92 Å². The molecule has 0 heterocycles. The van der Waals surface area contributed by atoms with Crippen LogP contribution in [0, 0.1) is 5.92 Å². The minimum absolute atomic E-state index is 0.0817. The molecule has 3 nitrogen and oxygen atoms in total. The summed E-state index contributed by atoms with van der Waals surface area (Å²) in [5.41, 5.74) is 3.48. The lowest BCUT2D eigenvalue weighted by atomic mass is 9.87. The van der Waals surface area contributed by atoms with E-state index in [0.29, 0.717) is 19.3 Å². The summed E-state index contributed by atoms with van der Waals surface area (Å²) >= 11 is 0. The molecule has 0 N–H and O–H groups in total. The summed E-state index contributed by atoms with van der Waals surface area (Å²) in [5.74, 6) is 0.530. The van der Waals surface area contributed by atoms with Crippen molar-refractivity contribution in [1.82, 2.24) is 0 Å². The molecule has 0 aliphatic heterocycles. The Kier molecular flexibility index (Phi) is 8.25. The Labute approximate surface area is 162 Å². The van der Waals surface area contributed by atoms with Gasteiger partial charge in [0, 0.05) is 12.8 Å². The summed E-state index contributed by atoms with van der Waals surface area (Å²) in [6.07, 6.45) is 3.90. The maximum atomic E-state index is 12.4. The van der Waals surface area contributed by atoms with Gasteiger partial charge in [0.1, 0.15) is 17.3 Å². The summed E-state index contributed by atoms with van der Waals surface area (Å²) in [6, 6.07) is 16.3. The molecule has 2 aromatic rings. The molecule has 0 saturated heterocycles. The van der Waals surface area contributed by atoms with Gasteiger partial charge in [0.05, 0.1) is 13.0 Å². The first-order chi connectivity index (χ1) is 13.1. The molecule has 0 spiro atoms. The summed E-state index contributed by atoms with van der Waals surface area (Å²) in [7, 11) is 1.66. The zero-order valence-corrected chi connectivity index (χ0v) is 16.7. The summed E-state index contributed by atoms with van der Waals surface area (Å²) < 4.78 is 5.19. The van der Waals surface area contributed by atoms with E-state index in [9.17, 15) is 9.59 Å². The van der Waals surface area contributed by atoms with E-state index in [-0.39, 0.29) is 11.6 Å². The summed E-state index contributed by atoms with van der Waals surface area (Å²) in [6.45, 7) is 3.96. The van der Waals surface area contributed by atoms with Gasteiger partial charge in [-0.15, -0.1) is 0 Å². The number of ketones is 2. The Morgan fingerprint density at radius 1 is 0.778 bits per heavy atom. The third kappa shape index (κ3) is 6.35. The van der Waals surface area contributed by atoms with Gasteiger partial charge in [-0.1, -0.05) is 50.2 Å². The highest BCUT2D eigenvalue weighted by atomic mass is 16.5. The van der Waals surface area contributed by atoms with E-state index in [4.69, 9.17) is 4.74 Å². The number of hydrogen-bond donors (Lipinski definition) is 0. The molecule has 0 amide bonds. The van der Waals surface area contributed by atoms with Gasteiger partial charge in [0.2, 0.25) is 0 Å². The van der Waals surface area contributed by atoms with Crippen LogP contribution < -0.4 is 4.74 Å². The molecule has 0 aliphatic rings. The Balaban J connectivity index is 2.05. The van der Waals surface area contributed by atoms with E-state index >= 15 is 0 Å². The van der Waals surface area contributed by atoms with Gasteiger partial charge in [-0.05, 0) is 54.5 Å². The number of carbonyl (C=O) groups is 2. The van der Waals surface area contributed by atoms with Crippen molar-refractivity contribution in [3.63, 3.8) is 0 Å². The van der Waals surface area contributed by atoms with E-state index in [0.717, 1.165) is 30.6 Å². The number of benzene rings is 2. The van der Waals surface area contributed by atoms with E-state index in [1.165, 1.54) is 11.1 Å². The molecule has 0 atom stereocenters. The predicted molar refractivity (Wildman–Crippen MR) is 109 cm³/mol. The molecule has 0 aromatic heterocycles. The van der Waals surface area contributed by atoms with Crippen molar-refractivity contribution in [2.24, 2.45) is 5.92 Å². The topological polar surface area (TPSA) is 43.4 Å². The van der Waals surface area contributed by atoms with Crippen molar-refractivity contribution in [1.29, 1.82) is 0 Å². The first kappa shape index (κ1) is 20.9. The lowest BCUT2D eigenvalue weighted by molar-refractivity contribution is -0.132. The average Bonchev–Trinajstić information content (AvgIpc) is 2.68. The van der Waals surface area contributed by atoms with Gasteiger partial charge in [0.15, 0.2) is 0 Å². The van der Waals surface area contributed by atoms with Gasteiger partial charge in [-0.25, -0.2) is 0 Å². The molecule has 2 aromatic carbocycles. The van der Waals surface area contributed by atoms with Crippen LogP contribution in [0.4, 0.5) is 0 Å². The van der Waals surface area contributed by atoms with Gasteiger partial charge < -0.3 is 4.74 Å². The molecule has 0 aliphatic carbocycles. The maximum absolute atomic E-state index is 12.4.